The Kier molecular flexibility index (Phi) is 3.72. The van der Waals surface area contributed by atoms with Crippen LogP contribution < -0.4 is 9.73 Å². The van der Waals surface area contributed by atoms with Crippen molar-refractivity contribution in [3.05, 3.63) is 30.1 Å². The monoisotopic (exact) mass is 287 g/mol. The fraction of sp³-hybridized carbons (Fsp3) is 0.364. The molecule has 1 aromatic rings. The molecule has 0 spiro atoms. The summed E-state index contributed by atoms with van der Waals surface area (Å²) in [6.45, 7) is 1.69. The molecule has 2 rings (SSSR count). The minimum Gasteiger partial charge on any atom is -0.274 e. The first-order chi connectivity index (χ1) is 8.91. The highest BCUT2D eigenvalue weighted by atomic mass is 32.2. The molecule has 8 heteroatoms. The molecule has 1 saturated heterocycles. The number of carbonyl (C=O) groups is 1. The van der Waals surface area contributed by atoms with Gasteiger partial charge in [0.15, 0.2) is 0 Å². The van der Waals surface area contributed by atoms with E-state index < -0.39 is 21.9 Å². The summed E-state index contributed by atoms with van der Waals surface area (Å²) in [6.07, 6.45) is 0.538. The highest BCUT2D eigenvalue weighted by Crippen LogP contribution is 2.24. The Morgan fingerprint density at radius 3 is 2.74 bits per heavy atom. The summed E-state index contributed by atoms with van der Waals surface area (Å²) < 4.78 is 39.7. The first-order valence-corrected chi connectivity index (χ1v) is 7.14. The molecule has 104 valence electrons. The van der Waals surface area contributed by atoms with Gasteiger partial charge in [-0.2, -0.15) is 8.42 Å². The lowest BCUT2D eigenvalue weighted by atomic mass is 10.3. The quantitative estimate of drug-likeness (QED) is 0.867. The van der Waals surface area contributed by atoms with Crippen molar-refractivity contribution in [2.24, 2.45) is 0 Å². The predicted molar refractivity (Wildman–Crippen MR) is 67.8 cm³/mol. The van der Waals surface area contributed by atoms with Crippen LogP contribution in [0.1, 0.15) is 13.3 Å². The molecule has 0 saturated carbocycles. The van der Waals surface area contributed by atoms with Gasteiger partial charge < -0.3 is 0 Å². The Morgan fingerprint density at radius 2 is 2.11 bits per heavy atom. The van der Waals surface area contributed by atoms with Gasteiger partial charge in [0.05, 0.1) is 5.69 Å². The molecule has 19 heavy (non-hydrogen) atoms. The Hall–Kier alpha value is -1.67. The maximum Gasteiger partial charge on any atom is 0.321 e. The van der Waals surface area contributed by atoms with Gasteiger partial charge in [-0.3, -0.25) is 14.5 Å². The van der Waals surface area contributed by atoms with E-state index in [1.165, 1.54) is 25.1 Å². The van der Waals surface area contributed by atoms with Crippen molar-refractivity contribution in [3.63, 3.8) is 0 Å². The normalized spacial score (nSPS) is 19.2. The van der Waals surface area contributed by atoms with Gasteiger partial charge in [0.2, 0.25) is 5.91 Å². The highest BCUT2D eigenvalue weighted by Gasteiger charge is 2.34. The van der Waals surface area contributed by atoms with Crippen molar-refractivity contribution >= 4 is 21.8 Å². The molecule has 1 N–H and O–H groups in total. The van der Waals surface area contributed by atoms with E-state index in [1.54, 1.807) is 0 Å². The zero-order valence-electron chi connectivity index (χ0n) is 10.3. The lowest BCUT2D eigenvalue weighted by Crippen LogP contribution is -2.56. The number of amides is 1. The smallest absolute Gasteiger partial charge is 0.274 e. The largest absolute Gasteiger partial charge is 0.321 e. The molecule has 0 bridgehead atoms. The van der Waals surface area contributed by atoms with Crippen LogP contribution in [0.25, 0.3) is 0 Å². The molecule has 1 amide bonds. The second-order valence-corrected chi connectivity index (χ2v) is 5.93. The number of hydrogen-bond acceptors (Lipinski definition) is 3. The minimum absolute atomic E-state index is 0.202. The van der Waals surface area contributed by atoms with Gasteiger partial charge in [-0.15, -0.1) is 0 Å². The zero-order chi connectivity index (χ0) is 14.0. The number of benzene rings is 1. The van der Waals surface area contributed by atoms with Gasteiger partial charge in [-0.25, -0.2) is 4.39 Å². The standard InChI is InChI=1S/C11H14FN3O3S/c1-9(16)13-15-7-3-6-14(19(15,17)18)11-5-2-4-10(12)8-11/h2,4-5,8H,3,6-7H2,1H3,(H,13,16). The van der Waals surface area contributed by atoms with Crippen molar-refractivity contribution in [2.75, 3.05) is 17.4 Å². The maximum atomic E-state index is 13.2. The average molecular weight is 287 g/mol. The molecule has 0 aromatic heterocycles. The lowest BCUT2D eigenvalue weighted by Gasteiger charge is -2.35. The van der Waals surface area contributed by atoms with Crippen LogP contribution in [0.3, 0.4) is 0 Å². The third-order valence-corrected chi connectivity index (χ3v) is 4.44. The van der Waals surface area contributed by atoms with Crippen molar-refractivity contribution in [3.8, 4) is 0 Å². The molecular formula is C11H14FN3O3S. The fourth-order valence-corrected chi connectivity index (χ4v) is 3.47. The van der Waals surface area contributed by atoms with Crippen LogP contribution in [0, 0.1) is 5.82 Å². The SMILES string of the molecule is CC(=O)NN1CCCN(c2cccc(F)c2)S1(=O)=O. The van der Waals surface area contributed by atoms with Crippen LogP contribution in [0.2, 0.25) is 0 Å². The molecule has 6 nitrogen and oxygen atoms in total. The van der Waals surface area contributed by atoms with Crippen molar-refractivity contribution < 1.29 is 17.6 Å². The molecule has 1 heterocycles. The van der Waals surface area contributed by atoms with Crippen LogP contribution in [-0.4, -0.2) is 31.8 Å². The number of anilines is 1. The number of halogens is 1. The molecule has 1 fully saturated rings. The summed E-state index contributed by atoms with van der Waals surface area (Å²) in [4.78, 5) is 11.0. The zero-order valence-corrected chi connectivity index (χ0v) is 11.2. The van der Waals surface area contributed by atoms with E-state index in [2.05, 4.69) is 5.43 Å². The first kappa shape index (κ1) is 13.8. The maximum absolute atomic E-state index is 13.2. The van der Waals surface area contributed by atoms with E-state index in [1.807, 2.05) is 0 Å². The minimum atomic E-state index is -3.86. The molecule has 1 aliphatic heterocycles. The first-order valence-electron chi connectivity index (χ1n) is 5.74. The van der Waals surface area contributed by atoms with E-state index in [-0.39, 0.29) is 18.8 Å². The molecular weight excluding hydrogens is 273 g/mol. The molecule has 0 atom stereocenters. The Balaban J connectivity index is 2.33. The Morgan fingerprint density at radius 1 is 1.37 bits per heavy atom. The number of rotatable bonds is 2. The molecule has 1 aromatic carbocycles. The van der Waals surface area contributed by atoms with Crippen molar-refractivity contribution in [1.29, 1.82) is 0 Å². The van der Waals surface area contributed by atoms with E-state index in [4.69, 9.17) is 0 Å². The lowest BCUT2D eigenvalue weighted by molar-refractivity contribution is -0.121. The third kappa shape index (κ3) is 2.85. The van der Waals surface area contributed by atoms with Gasteiger partial charge in [0.25, 0.3) is 0 Å². The number of nitrogens with one attached hydrogen (secondary N) is 1. The van der Waals surface area contributed by atoms with E-state index in [0.717, 1.165) is 14.8 Å². The van der Waals surface area contributed by atoms with Gasteiger partial charge in [0, 0.05) is 20.0 Å². The summed E-state index contributed by atoms with van der Waals surface area (Å²) in [6, 6.07) is 5.34. The van der Waals surface area contributed by atoms with Crippen LogP contribution >= 0.6 is 0 Å². The summed E-state index contributed by atoms with van der Waals surface area (Å²) in [7, 11) is -3.86. The van der Waals surface area contributed by atoms with Crippen molar-refractivity contribution in [2.45, 2.75) is 13.3 Å². The summed E-state index contributed by atoms with van der Waals surface area (Å²) in [5.74, 6) is -0.978. The number of hydrazine groups is 1. The molecule has 0 radical (unpaired) electrons. The Bertz CT molecular complexity index is 591. The summed E-state index contributed by atoms with van der Waals surface area (Å²) in [5.41, 5.74) is 2.50. The van der Waals surface area contributed by atoms with Gasteiger partial charge in [-0.1, -0.05) is 10.5 Å². The van der Waals surface area contributed by atoms with Crippen LogP contribution in [0.4, 0.5) is 10.1 Å². The molecule has 0 aliphatic carbocycles. The van der Waals surface area contributed by atoms with Crippen molar-refractivity contribution in [1.82, 2.24) is 9.84 Å². The third-order valence-electron chi connectivity index (χ3n) is 2.66. The van der Waals surface area contributed by atoms with E-state index in [0.29, 0.717) is 6.42 Å². The van der Waals surface area contributed by atoms with Gasteiger partial charge in [-0.05, 0) is 24.6 Å². The second kappa shape index (κ2) is 5.14. The number of carbonyl (C=O) groups excluding carboxylic acids is 1. The second-order valence-electron chi connectivity index (χ2n) is 4.15. The highest BCUT2D eigenvalue weighted by molar-refractivity contribution is 7.90. The van der Waals surface area contributed by atoms with Crippen LogP contribution in [-0.2, 0) is 15.0 Å². The van der Waals surface area contributed by atoms with Gasteiger partial charge >= 0.3 is 10.2 Å². The molecule has 0 unspecified atom stereocenters. The Labute approximate surface area is 111 Å². The fourth-order valence-electron chi connectivity index (χ4n) is 1.89. The topological polar surface area (TPSA) is 69.7 Å². The number of hydrogen-bond donors (Lipinski definition) is 1. The number of nitrogens with zero attached hydrogens (tertiary/aromatic N) is 2. The van der Waals surface area contributed by atoms with E-state index >= 15 is 0 Å². The molecule has 1 aliphatic rings. The summed E-state index contributed by atoms with van der Waals surface area (Å²) in [5, 5.41) is 0. The summed E-state index contributed by atoms with van der Waals surface area (Å²) >= 11 is 0. The van der Waals surface area contributed by atoms with Crippen LogP contribution in [0.5, 0.6) is 0 Å². The van der Waals surface area contributed by atoms with Gasteiger partial charge in [0.1, 0.15) is 5.82 Å². The average Bonchev–Trinajstić information content (AvgIpc) is 2.31. The predicted octanol–water partition coefficient (Wildman–Crippen LogP) is 0.634. The van der Waals surface area contributed by atoms with Crippen LogP contribution in [0.15, 0.2) is 24.3 Å². The van der Waals surface area contributed by atoms with E-state index in [9.17, 15) is 17.6 Å².